The third-order valence-electron chi connectivity index (χ3n) is 2.65. The van der Waals surface area contributed by atoms with E-state index in [-0.39, 0.29) is 10.7 Å². The fraction of sp³-hybridized carbons (Fsp3) is 0.0769. The molecule has 0 saturated heterocycles. The van der Waals surface area contributed by atoms with Gasteiger partial charge in [-0.2, -0.15) is 13.2 Å². The molecule has 0 spiro atoms. The van der Waals surface area contributed by atoms with Gasteiger partial charge in [-0.25, -0.2) is 8.42 Å². The van der Waals surface area contributed by atoms with Gasteiger partial charge in [-0.15, -0.1) is 0 Å². The Bertz CT molecular complexity index is 807. The number of sulfonamides is 1. The van der Waals surface area contributed by atoms with Crippen LogP contribution in [0.1, 0.15) is 5.56 Å². The molecular formula is C13H8Cl2F3NO2S. The molecule has 118 valence electrons. The monoisotopic (exact) mass is 369 g/mol. The summed E-state index contributed by atoms with van der Waals surface area (Å²) in [5.74, 6) is 0. The van der Waals surface area contributed by atoms with Crippen molar-refractivity contribution < 1.29 is 21.6 Å². The molecule has 0 aromatic heterocycles. The van der Waals surface area contributed by atoms with E-state index in [1.807, 2.05) is 0 Å². The van der Waals surface area contributed by atoms with E-state index in [9.17, 15) is 21.6 Å². The average Bonchev–Trinajstić information content (AvgIpc) is 2.41. The summed E-state index contributed by atoms with van der Waals surface area (Å²) in [5, 5.41) is 0.329. The summed E-state index contributed by atoms with van der Waals surface area (Å²) in [5.41, 5.74) is -1.04. The van der Waals surface area contributed by atoms with E-state index in [1.54, 1.807) is 0 Å². The van der Waals surface area contributed by atoms with E-state index >= 15 is 0 Å². The molecule has 0 bridgehead atoms. The molecule has 2 rings (SSSR count). The summed E-state index contributed by atoms with van der Waals surface area (Å²) >= 11 is 11.5. The number of nitrogens with one attached hydrogen (secondary N) is 1. The van der Waals surface area contributed by atoms with Gasteiger partial charge in [-0.1, -0.05) is 29.3 Å². The maximum Gasteiger partial charge on any atom is 0.416 e. The van der Waals surface area contributed by atoms with E-state index in [0.717, 1.165) is 18.2 Å². The number of anilines is 1. The molecule has 2 aromatic rings. The van der Waals surface area contributed by atoms with Gasteiger partial charge in [0.1, 0.15) is 0 Å². The predicted molar refractivity (Wildman–Crippen MR) is 78.7 cm³/mol. The van der Waals surface area contributed by atoms with Crippen LogP contribution in [0.25, 0.3) is 0 Å². The molecule has 22 heavy (non-hydrogen) atoms. The zero-order chi connectivity index (χ0) is 16.5. The Balaban J connectivity index is 2.39. The summed E-state index contributed by atoms with van der Waals surface area (Å²) < 4.78 is 64.3. The SMILES string of the molecule is O=S(=O)(Nc1ccc(Cl)cc1Cl)c1cccc(C(F)(F)F)c1. The van der Waals surface area contributed by atoms with Crippen LogP contribution >= 0.6 is 23.2 Å². The van der Waals surface area contributed by atoms with Crippen LogP contribution in [-0.2, 0) is 16.2 Å². The molecule has 1 N–H and O–H groups in total. The van der Waals surface area contributed by atoms with Crippen LogP contribution in [0, 0.1) is 0 Å². The second-order valence-corrected chi connectivity index (χ2v) is 6.78. The van der Waals surface area contributed by atoms with Gasteiger partial charge in [0.15, 0.2) is 0 Å². The molecule has 0 radical (unpaired) electrons. The Morgan fingerprint density at radius 2 is 1.68 bits per heavy atom. The molecule has 0 aliphatic heterocycles. The topological polar surface area (TPSA) is 46.2 Å². The summed E-state index contributed by atoms with van der Waals surface area (Å²) in [6, 6.07) is 7.43. The lowest BCUT2D eigenvalue weighted by Crippen LogP contribution is -2.14. The fourth-order valence-corrected chi connectivity index (χ4v) is 3.25. The highest BCUT2D eigenvalue weighted by atomic mass is 35.5. The molecule has 0 atom stereocenters. The van der Waals surface area contributed by atoms with Crippen LogP contribution in [0.5, 0.6) is 0 Å². The van der Waals surface area contributed by atoms with Crippen molar-refractivity contribution in [1.82, 2.24) is 0 Å². The third-order valence-corrected chi connectivity index (χ3v) is 4.56. The highest BCUT2D eigenvalue weighted by Gasteiger charge is 2.31. The molecule has 3 nitrogen and oxygen atoms in total. The van der Waals surface area contributed by atoms with Crippen LogP contribution in [0.15, 0.2) is 47.4 Å². The minimum atomic E-state index is -4.64. The number of benzene rings is 2. The smallest absolute Gasteiger partial charge is 0.278 e. The molecule has 0 aliphatic carbocycles. The molecule has 0 aliphatic rings. The number of halogens is 5. The van der Waals surface area contributed by atoms with E-state index in [0.29, 0.717) is 11.1 Å². The zero-order valence-corrected chi connectivity index (χ0v) is 13.0. The predicted octanol–water partition coefficient (Wildman–Crippen LogP) is 4.81. The summed E-state index contributed by atoms with van der Waals surface area (Å²) in [7, 11) is -4.21. The summed E-state index contributed by atoms with van der Waals surface area (Å²) in [4.78, 5) is -0.520. The molecule has 2 aromatic carbocycles. The van der Waals surface area contributed by atoms with Crippen LogP contribution in [0.4, 0.5) is 18.9 Å². The van der Waals surface area contributed by atoms with Crippen LogP contribution in [-0.4, -0.2) is 8.42 Å². The second kappa shape index (κ2) is 5.98. The lowest BCUT2D eigenvalue weighted by Gasteiger charge is -2.12. The largest absolute Gasteiger partial charge is 0.416 e. The number of hydrogen-bond donors (Lipinski definition) is 1. The number of hydrogen-bond acceptors (Lipinski definition) is 2. The Morgan fingerprint density at radius 1 is 1.00 bits per heavy atom. The minimum Gasteiger partial charge on any atom is -0.278 e. The van der Waals surface area contributed by atoms with Crippen LogP contribution < -0.4 is 4.72 Å². The first-order chi connectivity index (χ1) is 10.1. The number of rotatable bonds is 3. The van der Waals surface area contributed by atoms with Crippen LogP contribution in [0.2, 0.25) is 10.0 Å². The van der Waals surface area contributed by atoms with Gasteiger partial charge in [0.2, 0.25) is 0 Å². The van der Waals surface area contributed by atoms with Crippen LogP contribution in [0.3, 0.4) is 0 Å². The van der Waals surface area contributed by atoms with Gasteiger partial charge in [-0.05, 0) is 36.4 Å². The molecular weight excluding hydrogens is 362 g/mol. The number of alkyl halides is 3. The van der Waals surface area contributed by atoms with E-state index in [2.05, 4.69) is 4.72 Å². The average molecular weight is 370 g/mol. The Hall–Kier alpha value is -1.44. The standard InChI is InChI=1S/C13H8Cl2F3NO2S/c14-9-4-5-12(11(15)7-9)19-22(20,21)10-3-1-2-8(6-10)13(16,17)18/h1-7,19H. The van der Waals surface area contributed by atoms with Gasteiger partial charge >= 0.3 is 6.18 Å². The molecule has 0 fully saturated rings. The first kappa shape index (κ1) is 16.9. The highest BCUT2D eigenvalue weighted by Crippen LogP contribution is 2.32. The highest BCUT2D eigenvalue weighted by molar-refractivity contribution is 7.92. The fourth-order valence-electron chi connectivity index (χ4n) is 1.62. The van der Waals surface area contributed by atoms with Crippen molar-refractivity contribution in [1.29, 1.82) is 0 Å². The van der Waals surface area contributed by atoms with Gasteiger partial charge in [0, 0.05) is 5.02 Å². The van der Waals surface area contributed by atoms with Crippen molar-refractivity contribution >= 4 is 38.9 Å². The van der Waals surface area contributed by atoms with Crippen molar-refractivity contribution in [3.63, 3.8) is 0 Å². The van der Waals surface area contributed by atoms with Gasteiger partial charge in [0.05, 0.1) is 21.2 Å². The molecule has 0 unspecified atom stereocenters. The maximum absolute atomic E-state index is 12.6. The van der Waals surface area contributed by atoms with Gasteiger partial charge in [-0.3, -0.25) is 4.72 Å². The minimum absolute atomic E-state index is 0.0171. The van der Waals surface area contributed by atoms with Gasteiger partial charge < -0.3 is 0 Å². The van der Waals surface area contributed by atoms with Gasteiger partial charge in [0.25, 0.3) is 10.0 Å². The first-order valence-corrected chi connectivity index (χ1v) is 7.98. The first-order valence-electron chi connectivity index (χ1n) is 5.75. The molecule has 0 heterocycles. The summed E-state index contributed by atoms with van der Waals surface area (Å²) in [6.45, 7) is 0. The zero-order valence-electron chi connectivity index (χ0n) is 10.7. The molecule has 0 saturated carbocycles. The molecule has 9 heteroatoms. The summed E-state index contributed by atoms with van der Waals surface area (Å²) in [6.07, 6.45) is -4.64. The third kappa shape index (κ3) is 3.85. The Kier molecular flexibility index (Phi) is 4.60. The lowest BCUT2D eigenvalue weighted by atomic mass is 10.2. The maximum atomic E-state index is 12.6. The lowest BCUT2D eigenvalue weighted by molar-refractivity contribution is -0.137. The van der Waals surface area contributed by atoms with E-state index in [4.69, 9.17) is 23.2 Å². The quantitative estimate of drug-likeness (QED) is 0.843. The Morgan fingerprint density at radius 3 is 2.27 bits per heavy atom. The van der Waals surface area contributed by atoms with Crippen molar-refractivity contribution in [2.24, 2.45) is 0 Å². The van der Waals surface area contributed by atoms with Crippen molar-refractivity contribution in [3.8, 4) is 0 Å². The van der Waals surface area contributed by atoms with E-state index in [1.165, 1.54) is 18.2 Å². The normalized spacial score (nSPS) is 12.2. The second-order valence-electron chi connectivity index (χ2n) is 4.26. The van der Waals surface area contributed by atoms with Crippen molar-refractivity contribution in [3.05, 3.63) is 58.1 Å². The van der Waals surface area contributed by atoms with Crippen molar-refractivity contribution in [2.45, 2.75) is 11.1 Å². The van der Waals surface area contributed by atoms with E-state index < -0.39 is 26.7 Å². The Labute approximate surface area is 134 Å². The molecule has 0 amide bonds. The van der Waals surface area contributed by atoms with Crippen molar-refractivity contribution in [2.75, 3.05) is 4.72 Å².